The van der Waals surface area contributed by atoms with Crippen molar-refractivity contribution in [2.45, 2.75) is 31.7 Å². The van der Waals surface area contributed by atoms with Gasteiger partial charge in [-0.25, -0.2) is 4.98 Å². The van der Waals surface area contributed by atoms with Gasteiger partial charge in [0.2, 0.25) is 5.91 Å². The second kappa shape index (κ2) is 10.5. The molecule has 5 aromatic carbocycles. The van der Waals surface area contributed by atoms with Crippen molar-refractivity contribution in [3.8, 4) is 5.75 Å². The lowest BCUT2D eigenvalue weighted by Gasteiger charge is -2.19. The van der Waals surface area contributed by atoms with Gasteiger partial charge in [-0.15, -0.1) is 0 Å². The summed E-state index contributed by atoms with van der Waals surface area (Å²) in [6, 6.07) is 37.3. The van der Waals surface area contributed by atoms with Crippen LogP contribution >= 0.6 is 0 Å². The van der Waals surface area contributed by atoms with E-state index < -0.39 is 0 Å². The number of amides is 1. The third-order valence-electron chi connectivity index (χ3n) is 8.01. The molecule has 6 aromatic rings. The molecule has 0 bridgehead atoms. The monoisotopic (exact) mass is 525 g/mol. The Hall–Kier alpha value is -4.64. The largest absolute Gasteiger partial charge is 0.493 e. The number of anilines is 1. The summed E-state index contributed by atoms with van der Waals surface area (Å²) in [5.74, 6) is 2.14. The molecule has 0 N–H and O–H groups in total. The van der Waals surface area contributed by atoms with E-state index in [-0.39, 0.29) is 11.8 Å². The van der Waals surface area contributed by atoms with Crippen LogP contribution in [0, 0.1) is 0 Å². The van der Waals surface area contributed by atoms with Gasteiger partial charge in [0.25, 0.3) is 0 Å². The SMILES string of the molecule is O=C1CC(c2nc3ccccc3n2CCCCOc2cccc3ccccc23)CN1c1cccc2ccccc12. The van der Waals surface area contributed by atoms with E-state index in [0.717, 1.165) is 63.8 Å². The standard InChI is InChI=1S/C35H31N3O2/c39-34-23-27(24-38(34)31-19-9-13-25-11-1-3-15-28(25)31)35-36-30-17-5-6-18-32(30)37(35)21-7-8-22-40-33-20-10-14-26-12-2-4-16-29(26)33/h1-6,9-20,27H,7-8,21-24H2. The Morgan fingerprint density at radius 2 is 1.45 bits per heavy atom. The van der Waals surface area contributed by atoms with Gasteiger partial charge in [0, 0.05) is 36.2 Å². The summed E-state index contributed by atoms with van der Waals surface area (Å²) in [6.45, 7) is 2.14. The zero-order chi connectivity index (χ0) is 26.9. The molecule has 0 radical (unpaired) electrons. The number of hydrogen-bond donors (Lipinski definition) is 0. The van der Waals surface area contributed by atoms with Crippen molar-refractivity contribution in [2.24, 2.45) is 0 Å². The molecule has 5 heteroatoms. The number of imidazole rings is 1. The number of carbonyl (C=O) groups excluding carboxylic acids is 1. The molecule has 2 heterocycles. The molecule has 5 nitrogen and oxygen atoms in total. The van der Waals surface area contributed by atoms with Crippen LogP contribution in [0.3, 0.4) is 0 Å². The number of unbranched alkanes of at least 4 members (excludes halogenated alkanes) is 1. The van der Waals surface area contributed by atoms with Gasteiger partial charge in [0.1, 0.15) is 11.6 Å². The van der Waals surface area contributed by atoms with Gasteiger partial charge in [0.05, 0.1) is 23.3 Å². The van der Waals surface area contributed by atoms with Crippen LogP contribution < -0.4 is 9.64 Å². The number of benzene rings is 5. The van der Waals surface area contributed by atoms with E-state index in [2.05, 4.69) is 77.4 Å². The molecule has 198 valence electrons. The molecule has 0 saturated carbocycles. The van der Waals surface area contributed by atoms with Crippen LogP contribution in [0.25, 0.3) is 32.6 Å². The van der Waals surface area contributed by atoms with Crippen LogP contribution in [-0.4, -0.2) is 28.6 Å². The van der Waals surface area contributed by atoms with Gasteiger partial charge < -0.3 is 14.2 Å². The average Bonchev–Trinajstić information content (AvgIpc) is 3.57. The highest BCUT2D eigenvalue weighted by Gasteiger charge is 2.35. The zero-order valence-corrected chi connectivity index (χ0v) is 22.4. The Balaban J connectivity index is 1.09. The molecule has 1 amide bonds. The Kier molecular flexibility index (Phi) is 6.40. The predicted molar refractivity (Wildman–Crippen MR) is 162 cm³/mol. The minimum absolute atomic E-state index is 0.0470. The fraction of sp³-hybridized carbons (Fsp3) is 0.200. The van der Waals surface area contributed by atoms with Gasteiger partial charge in [-0.3, -0.25) is 4.79 Å². The summed E-state index contributed by atoms with van der Waals surface area (Å²) in [7, 11) is 0. The number of fused-ring (bicyclic) bond motifs is 3. The second-order valence-electron chi connectivity index (χ2n) is 10.5. The van der Waals surface area contributed by atoms with Crippen LogP contribution in [0.15, 0.2) is 109 Å². The maximum Gasteiger partial charge on any atom is 0.227 e. The first-order valence-corrected chi connectivity index (χ1v) is 14.1. The summed E-state index contributed by atoms with van der Waals surface area (Å²) < 4.78 is 8.52. The van der Waals surface area contributed by atoms with Crippen molar-refractivity contribution in [3.63, 3.8) is 0 Å². The van der Waals surface area contributed by atoms with E-state index in [9.17, 15) is 4.79 Å². The topological polar surface area (TPSA) is 47.4 Å². The number of aromatic nitrogens is 2. The van der Waals surface area contributed by atoms with Crippen molar-refractivity contribution in [2.75, 3.05) is 18.1 Å². The number of para-hydroxylation sites is 2. The molecule has 1 aliphatic heterocycles. The summed E-state index contributed by atoms with van der Waals surface area (Å²) >= 11 is 0. The highest BCUT2D eigenvalue weighted by atomic mass is 16.5. The van der Waals surface area contributed by atoms with Gasteiger partial charge in [-0.1, -0.05) is 84.9 Å². The molecule has 7 rings (SSSR count). The van der Waals surface area contributed by atoms with Crippen LogP contribution in [0.4, 0.5) is 5.69 Å². The molecule has 0 aliphatic carbocycles. The number of hydrogen-bond acceptors (Lipinski definition) is 3. The first-order valence-electron chi connectivity index (χ1n) is 14.1. The Bertz CT molecular complexity index is 1830. The van der Waals surface area contributed by atoms with Crippen molar-refractivity contribution in [1.29, 1.82) is 0 Å². The van der Waals surface area contributed by atoms with Crippen LogP contribution in [0.2, 0.25) is 0 Å². The van der Waals surface area contributed by atoms with E-state index in [1.165, 1.54) is 5.39 Å². The molecule has 1 saturated heterocycles. The first-order chi connectivity index (χ1) is 19.8. The molecule has 1 atom stereocenters. The Labute approximate surface area is 233 Å². The number of ether oxygens (including phenoxy) is 1. The lowest BCUT2D eigenvalue weighted by Crippen LogP contribution is -2.24. The van der Waals surface area contributed by atoms with Crippen molar-refractivity contribution in [3.05, 3.63) is 115 Å². The van der Waals surface area contributed by atoms with Gasteiger partial charge in [-0.2, -0.15) is 0 Å². The number of rotatable bonds is 8. The maximum absolute atomic E-state index is 13.3. The Morgan fingerprint density at radius 1 is 0.750 bits per heavy atom. The van der Waals surface area contributed by atoms with E-state index >= 15 is 0 Å². The summed E-state index contributed by atoms with van der Waals surface area (Å²) in [5, 5.41) is 4.60. The normalized spacial score (nSPS) is 15.4. The summed E-state index contributed by atoms with van der Waals surface area (Å²) in [4.78, 5) is 20.3. The molecular formula is C35H31N3O2. The van der Waals surface area contributed by atoms with E-state index in [1.807, 2.05) is 41.3 Å². The van der Waals surface area contributed by atoms with Gasteiger partial charge in [-0.05, 0) is 47.9 Å². The van der Waals surface area contributed by atoms with Crippen molar-refractivity contribution in [1.82, 2.24) is 9.55 Å². The van der Waals surface area contributed by atoms with E-state index in [0.29, 0.717) is 19.6 Å². The third-order valence-corrected chi connectivity index (χ3v) is 8.01. The molecule has 1 unspecified atom stereocenters. The number of nitrogens with zero attached hydrogens (tertiary/aromatic N) is 3. The fourth-order valence-corrected chi connectivity index (χ4v) is 6.07. The van der Waals surface area contributed by atoms with Crippen LogP contribution in [0.5, 0.6) is 5.75 Å². The Morgan fingerprint density at radius 3 is 2.33 bits per heavy atom. The third kappa shape index (κ3) is 4.47. The minimum Gasteiger partial charge on any atom is -0.493 e. The lowest BCUT2D eigenvalue weighted by molar-refractivity contribution is -0.117. The van der Waals surface area contributed by atoms with Crippen LogP contribution in [-0.2, 0) is 11.3 Å². The highest BCUT2D eigenvalue weighted by molar-refractivity contribution is 6.05. The molecule has 40 heavy (non-hydrogen) atoms. The maximum atomic E-state index is 13.3. The molecular weight excluding hydrogens is 494 g/mol. The smallest absolute Gasteiger partial charge is 0.227 e. The molecule has 0 spiro atoms. The second-order valence-corrected chi connectivity index (χ2v) is 10.5. The van der Waals surface area contributed by atoms with Gasteiger partial charge in [0.15, 0.2) is 0 Å². The van der Waals surface area contributed by atoms with Crippen molar-refractivity contribution < 1.29 is 9.53 Å². The summed E-state index contributed by atoms with van der Waals surface area (Å²) in [5.41, 5.74) is 3.10. The van der Waals surface area contributed by atoms with E-state index in [1.54, 1.807) is 0 Å². The fourth-order valence-electron chi connectivity index (χ4n) is 6.07. The lowest BCUT2D eigenvalue weighted by atomic mass is 10.1. The van der Waals surface area contributed by atoms with Crippen LogP contribution in [0.1, 0.15) is 31.0 Å². The molecule has 1 fully saturated rings. The number of carbonyl (C=O) groups is 1. The minimum atomic E-state index is 0.0470. The summed E-state index contributed by atoms with van der Waals surface area (Å²) in [6.07, 6.45) is 2.36. The average molecular weight is 526 g/mol. The first kappa shape index (κ1) is 24.4. The quantitative estimate of drug-likeness (QED) is 0.191. The van der Waals surface area contributed by atoms with Gasteiger partial charge >= 0.3 is 0 Å². The molecule has 1 aliphatic rings. The highest BCUT2D eigenvalue weighted by Crippen LogP contribution is 2.36. The van der Waals surface area contributed by atoms with Crippen molar-refractivity contribution >= 4 is 44.2 Å². The predicted octanol–water partition coefficient (Wildman–Crippen LogP) is 7.72. The van der Waals surface area contributed by atoms with E-state index in [4.69, 9.17) is 9.72 Å². The molecule has 1 aromatic heterocycles. The number of aryl methyl sites for hydroxylation is 1. The zero-order valence-electron chi connectivity index (χ0n) is 22.4.